The molecule has 0 bridgehead atoms. The minimum absolute atomic E-state index is 0.00827. The predicted octanol–water partition coefficient (Wildman–Crippen LogP) is 8.14. The Bertz CT molecular complexity index is 1650. The number of para-hydroxylation sites is 1. The van der Waals surface area contributed by atoms with E-state index in [1.807, 2.05) is 57.2 Å². The average Bonchev–Trinajstić information content (AvgIpc) is 3.03. The lowest BCUT2D eigenvalue weighted by Crippen LogP contribution is -2.41. The molecule has 3 aromatic carbocycles. The second-order valence-electron chi connectivity index (χ2n) is 12.7. The Morgan fingerprint density at radius 1 is 0.891 bits per heavy atom. The van der Waals surface area contributed by atoms with Gasteiger partial charge < -0.3 is 19.5 Å². The van der Waals surface area contributed by atoms with Crippen molar-refractivity contribution in [3.8, 4) is 5.75 Å². The third-order valence-corrected chi connectivity index (χ3v) is 8.11. The normalized spacial score (nSPS) is 14.3. The third kappa shape index (κ3) is 8.71. The van der Waals surface area contributed by atoms with E-state index in [0.29, 0.717) is 26.0 Å². The Morgan fingerprint density at radius 2 is 1.54 bits per heavy atom. The summed E-state index contributed by atoms with van der Waals surface area (Å²) >= 11 is 0. The van der Waals surface area contributed by atoms with Crippen LogP contribution in [0.3, 0.4) is 0 Å². The molecule has 0 aliphatic heterocycles. The van der Waals surface area contributed by atoms with E-state index in [1.165, 1.54) is 23.8 Å². The van der Waals surface area contributed by atoms with Crippen LogP contribution in [-0.2, 0) is 37.0 Å². The first-order chi connectivity index (χ1) is 22.1. The number of pyridine rings is 1. The molecule has 0 fully saturated rings. The molecule has 4 aromatic rings. The lowest BCUT2D eigenvalue weighted by Gasteiger charge is -2.36. The van der Waals surface area contributed by atoms with Gasteiger partial charge in [-0.15, -0.1) is 0 Å². The van der Waals surface area contributed by atoms with Gasteiger partial charge in [0.15, 0.2) is 0 Å². The maximum Gasteiger partial charge on any atom is 0.410 e. The molecule has 8 heteroatoms. The van der Waals surface area contributed by atoms with Crippen molar-refractivity contribution < 1.29 is 28.6 Å². The average molecular weight is 625 g/mol. The summed E-state index contributed by atoms with van der Waals surface area (Å²) in [6, 6.07) is 25.8. The van der Waals surface area contributed by atoms with Crippen molar-refractivity contribution in [2.24, 2.45) is 0 Å². The number of aromatic carboxylic acids is 1. The first-order valence-electron chi connectivity index (χ1n) is 15.8. The van der Waals surface area contributed by atoms with Crippen LogP contribution in [0.2, 0.25) is 0 Å². The number of carbonyl (C=O) groups excluding carboxylic acids is 1. The third-order valence-electron chi connectivity index (χ3n) is 8.11. The number of amides is 1. The minimum Gasteiger partial charge on any atom is -0.489 e. The minimum atomic E-state index is -1.07. The highest BCUT2D eigenvalue weighted by Gasteiger charge is 2.33. The van der Waals surface area contributed by atoms with Gasteiger partial charge >= 0.3 is 12.1 Å². The molecule has 1 atom stereocenters. The van der Waals surface area contributed by atoms with Crippen LogP contribution in [0.15, 0.2) is 84.9 Å². The number of ether oxygens (including phenoxy) is 2. The van der Waals surface area contributed by atoms with Gasteiger partial charge in [0, 0.05) is 12.2 Å². The number of aryl methyl sites for hydroxylation is 3. The Balaban J connectivity index is 1.26. The zero-order chi connectivity index (χ0) is 32.7. The first-order valence-corrected chi connectivity index (χ1v) is 15.8. The van der Waals surface area contributed by atoms with Crippen molar-refractivity contribution in [1.29, 1.82) is 0 Å². The molecule has 1 aromatic heterocycles. The van der Waals surface area contributed by atoms with Crippen LogP contribution in [0.5, 0.6) is 5.75 Å². The van der Waals surface area contributed by atoms with Gasteiger partial charge in [0.25, 0.3) is 0 Å². The molecule has 0 spiro atoms. The summed E-state index contributed by atoms with van der Waals surface area (Å²) in [5.74, 6) is -0.535. The van der Waals surface area contributed by atoms with Gasteiger partial charge in [0.1, 0.15) is 29.5 Å². The zero-order valence-corrected chi connectivity index (χ0v) is 26.7. The highest BCUT2D eigenvalue weighted by Crippen LogP contribution is 2.35. The molecule has 7 nitrogen and oxygen atoms in total. The Hall–Kier alpha value is -4.72. The van der Waals surface area contributed by atoms with Crippen molar-refractivity contribution >= 4 is 12.1 Å². The van der Waals surface area contributed by atoms with Crippen LogP contribution < -0.4 is 4.74 Å². The van der Waals surface area contributed by atoms with E-state index in [1.54, 1.807) is 11.0 Å². The van der Waals surface area contributed by atoms with Gasteiger partial charge in [-0.3, -0.25) is 0 Å². The van der Waals surface area contributed by atoms with Crippen molar-refractivity contribution in [2.45, 2.75) is 77.5 Å². The van der Waals surface area contributed by atoms with E-state index < -0.39 is 17.7 Å². The fourth-order valence-electron chi connectivity index (χ4n) is 5.77. The molecule has 1 aliphatic rings. The number of carboxylic acids is 1. The predicted molar refractivity (Wildman–Crippen MR) is 175 cm³/mol. The van der Waals surface area contributed by atoms with E-state index in [9.17, 15) is 19.1 Å². The maximum atomic E-state index is 13.6. The Labute approximate surface area is 270 Å². The van der Waals surface area contributed by atoms with Gasteiger partial charge in [0.2, 0.25) is 0 Å². The summed E-state index contributed by atoms with van der Waals surface area (Å²) in [6.45, 7) is 6.33. The second kappa shape index (κ2) is 14.6. The van der Waals surface area contributed by atoms with E-state index in [2.05, 4.69) is 29.2 Å². The number of hydrogen-bond donors (Lipinski definition) is 1. The van der Waals surface area contributed by atoms with Crippen molar-refractivity contribution in [2.75, 3.05) is 6.54 Å². The number of fused-ring (bicyclic) bond motifs is 1. The number of halogens is 1. The summed E-state index contributed by atoms with van der Waals surface area (Å²) in [5, 5.41) is 9.44. The molecular formula is C38H41FN2O5. The maximum absolute atomic E-state index is 13.6. The smallest absolute Gasteiger partial charge is 0.410 e. The number of carboxylic acid groups (broad SMARTS) is 1. The summed E-state index contributed by atoms with van der Waals surface area (Å²) in [5.41, 5.74) is 5.25. The van der Waals surface area contributed by atoms with Gasteiger partial charge in [-0.05, 0) is 111 Å². The lowest BCUT2D eigenvalue weighted by molar-refractivity contribution is 0.0140. The highest BCUT2D eigenvalue weighted by molar-refractivity contribution is 5.85. The zero-order valence-electron chi connectivity index (χ0n) is 26.7. The highest BCUT2D eigenvalue weighted by atomic mass is 19.1. The number of carbonyl (C=O) groups is 2. The van der Waals surface area contributed by atoms with Gasteiger partial charge in [-0.2, -0.15) is 0 Å². The van der Waals surface area contributed by atoms with Crippen LogP contribution >= 0.6 is 0 Å². The molecule has 5 rings (SSSR count). The van der Waals surface area contributed by atoms with Gasteiger partial charge in [0.05, 0.1) is 6.04 Å². The summed E-state index contributed by atoms with van der Waals surface area (Å²) in [7, 11) is 0. The van der Waals surface area contributed by atoms with E-state index in [-0.39, 0.29) is 17.6 Å². The molecule has 1 N–H and O–H groups in total. The van der Waals surface area contributed by atoms with E-state index >= 15 is 0 Å². The van der Waals surface area contributed by atoms with Gasteiger partial charge in [-0.25, -0.2) is 19.0 Å². The molecule has 46 heavy (non-hydrogen) atoms. The largest absolute Gasteiger partial charge is 0.489 e. The molecule has 1 heterocycles. The van der Waals surface area contributed by atoms with Gasteiger partial charge in [-0.1, -0.05) is 60.7 Å². The van der Waals surface area contributed by atoms with Crippen LogP contribution in [0.25, 0.3) is 0 Å². The fraction of sp³-hybridized carbons (Fsp3) is 0.342. The van der Waals surface area contributed by atoms with Crippen LogP contribution in [0.4, 0.5) is 9.18 Å². The Kier molecular flexibility index (Phi) is 10.4. The summed E-state index contributed by atoms with van der Waals surface area (Å²) < 4.78 is 25.3. The molecule has 0 saturated carbocycles. The summed E-state index contributed by atoms with van der Waals surface area (Å²) in [6.07, 6.45) is 4.04. The number of nitrogens with zero attached hydrogens (tertiary/aromatic N) is 2. The molecule has 1 aliphatic carbocycles. The molecule has 1 unspecified atom stereocenters. The van der Waals surface area contributed by atoms with Crippen LogP contribution in [0.1, 0.15) is 83.7 Å². The van der Waals surface area contributed by atoms with Crippen molar-refractivity contribution in [1.82, 2.24) is 9.88 Å². The topological polar surface area (TPSA) is 89.0 Å². The number of aromatic nitrogens is 1. The number of rotatable bonds is 11. The van der Waals surface area contributed by atoms with Crippen LogP contribution in [-0.4, -0.2) is 39.2 Å². The molecule has 1 amide bonds. The van der Waals surface area contributed by atoms with E-state index in [0.717, 1.165) is 59.4 Å². The fourth-order valence-corrected chi connectivity index (χ4v) is 5.77. The summed E-state index contributed by atoms with van der Waals surface area (Å²) in [4.78, 5) is 31.2. The number of benzene rings is 3. The number of hydrogen-bond acceptors (Lipinski definition) is 5. The molecule has 0 radical (unpaired) electrons. The Morgan fingerprint density at radius 3 is 2.22 bits per heavy atom. The van der Waals surface area contributed by atoms with Crippen molar-refractivity contribution in [3.63, 3.8) is 0 Å². The molecular weight excluding hydrogens is 583 g/mol. The standard InChI is InChI=1S/C38H41FN2O5/c1-38(2,3)46-37(44)41(34-9-6-8-32-31(34)21-22-33(40-32)36(42)43)24-23-29-7-4-5-10-35(29)45-25-28-15-13-26(14-16-28)11-12-27-17-19-30(39)20-18-27/h4-5,7,10,13-22,34H,6,8-9,11-12,23-25H2,1-3H3,(H,42,43). The SMILES string of the molecule is CC(C)(C)OC(=O)N(CCc1ccccc1OCc1ccc(CCc2ccc(F)cc2)cc1)C1CCCc2nc(C(=O)O)ccc21. The monoisotopic (exact) mass is 624 g/mol. The second-order valence-corrected chi connectivity index (χ2v) is 12.7. The van der Waals surface area contributed by atoms with Crippen LogP contribution in [0, 0.1) is 5.82 Å². The lowest BCUT2D eigenvalue weighted by atomic mass is 9.89. The molecule has 0 saturated heterocycles. The molecule has 240 valence electrons. The van der Waals surface area contributed by atoms with Crippen molar-refractivity contribution in [3.05, 3.63) is 130 Å². The quantitative estimate of drug-likeness (QED) is 0.181. The first kappa shape index (κ1) is 32.7. The van der Waals surface area contributed by atoms with E-state index in [4.69, 9.17) is 9.47 Å².